The molecule has 0 aromatic rings. The minimum absolute atomic E-state index is 0.0312. The molecule has 0 N–H and O–H groups in total. The quantitative estimate of drug-likeness (QED) is 0.726. The number of rotatable bonds is 3. The maximum absolute atomic E-state index is 11.9. The molecule has 1 saturated heterocycles. The third-order valence-electron chi connectivity index (χ3n) is 7.26. The molecule has 0 aromatic heterocycles. The summed E-state index contributed by atoms with van der Waals surface area (Å²) in [5, 5.41) is 0. The van der Waals surface area contributed by atoms with E-state index in [2.05, 4.69) is 0 Å². The summed E-state index contributed by atoms with van der Waals surface area (Å²) >= 11 is 0. The predicted octanol–water partition coefficient (Wildman–Crippen LogP) is 4.34. The van der Waals surface area contributed by atoms with E-state index in [1.165, 1.54) is 57.8 Å². The van der Waals surface area contributed by atoms with E-state index >= 15 is 0 Å². The zero-order valence-corrected chi connectivity index (χ0v) is 14.5. The van der Waals surface area contributed by atoms with Crippen LogP contribution in [0, 0.1) is 29.6 Å². The van der Waals surface area contributed by atoms with Gasteiger partial charge >= 0.3 is 5.97 Å². The highest BCUT2D eigenvalue weighted by Crippen LogP contribution is 2.53. The molecule has 0 bridgehead atoms. The minimum atomic E-state index is -0.295. The van der Waals surface area contributed by atoms with Gasteiger partial charge in [0.2, 0.25) is 0 Å². The van der Waals surface area contributed by atoms with Crippen LogP contribution in [0.3, 0.4) is 0 Å². The summed E-state index contributed by atoms with van der Waals surface area (Å²) in [6, 6.07) is 0. The highest BCUT2D eigenvalue weighted by molar-refractivity contribution is 5.76. The summed E-state index contributed by atoms with van der Waals surface area (Å²) in [7, 11) is 0. The maximum atomic E-state index is 11.9. The lowest BCUT2D eigenvalue weighted by molar-refractivity contribution is -0.152. The van der Waals surface area contributed by atoms with Crippen molar-refractivity contribution in [2.24, 2.45) is 29.6 Å². The lowest BCUT2D eigenvalue weighted by atomic mass is 9.55. The van der Waals surface area contributed by atoms with Crippen molar-refractivity contribution in [1.29, 1.82) is 0 Å². The van der Waals surface area contributed by atoms with Crippen molar-refractivity contribution in [3.63, 3.8) is 0 Å². The van der Waals surface area contributed by atoms with E-state index in [4.69, 9.17) is 9.47 Å². The van der Waals surface area contributed by atoms with Crippen molar-refractivity contribution < 1.29 is 14.3 Å². The fourth-order valence-electron chi connectivity index (χ4n) is 6.22. The Balaban J connectivity index is 1.45. The molecule has 6 unspecified atom stereocenters. The molecule has 4 rings (SSSR count). The Labute approximate surface area is 140 Å². The number of cyclic esters (lactones) is 1. The van der Waals surface area contributed by atoms with Crippen LogP contribution in [0.5, 0.6) is 0 Å². The Morgan fingerprint density at radius 3 is 2.13 bits per heavy atom. The normalized spacial score (nSPS) is 46.8. The Bertz CT molecular complexity index is 413. The average Bonchev–Trinajstić information content (AvgIpc) is 2.89. The summed E-state index contributed by atoms with van der Waals surface area (Å²) in [6.45, 7) is 2.77. The van der Waals surface area contributed by atoms with Gasteiger partial charge in [0, 0.05) is 6.42 Å². The molecule has 6 atom stereocenters. The summed E-state index contributed by atoms with van der Waals surface area (Å²) in [4.78, 5) is 11.9. The van der Waals surface area contributed by atoms with Crippen LogP contribution in [-0.2, 0) is 14.3 Å². The Kier molecular flexibility index (Phi) is 4.67. The second kappa shape index (κ2) is 6.74. The molecule has 0 radical (unpaired) electrons. The third-order valence-corrected chi connectivity index (χ3v) is 7.26. The van der Waals surface area contributed by atoms with Crippen LogP contribution in [0.1, 0.15) is 71.1 Å². The number of carbonyl (C=O) groups is 1. The SMILES string of the molecule is CC1CC(OCC2C3CCCCC3CC3CCCCC32)C(=O)O1. The summed E-state index contributed by atoms with van der Waals surface area (Å²) < 4.78 is 11.4. The smallest absolute Gasteiger partial charge is 0.335 e. The van der Waals surface area contributed by atoms with E-state index < -0.39 is 0 Å². The van der Waals surface area contributed by atoms with Crippen molar-refractivity contribution in [3.05, 3.63) is 0 Å². The van der Waals surface area contributed by atoms with E-state index in [-0.39, 0.29) is 18.2 Å². The first-order chi connectivity index (χ1) is 11.2. The van der Waals surface area contributed by atoms with Gasteiger partial charge in [-0.1, -0.05) is 38.5 Å². The molecule has 3 saturated carbocycles. The van der Waals surface area contributed by atoms with Gasteiger partial charge in [-0.3, -0.25) is 0 Å². The van der Waals surface area contributed by atoms with Crippen LogP contribution >= 0.6 is 0 Å². The van der Waals surface area contributed by atoms with Gasteiger partial charge in [0.05, 0.1) is 6.61 Å². The summed E-state index contributed by atoms with van der Waals surface area (Å²) in [6.07, 6.45) is 13.3. The van der Waals surface area contributed by atoms with Crippen molar-refractivity contribution in [2.75, 3.05) is 6.61 Å². The summed E-state index contributed by atoms with van der Waals surface area (Å²) in [5.41, 5.74) is 0. The molecule has 1 heterocycles. The number of carbonyl (C=O) groups excluding carboxylic acids is 1. The molecule has 130 valence electrons. The Morgan fingerprint density at radius 2 is 1.57 bits per heavy atom. The lowest BCUT2D eigenvalue weighted by Crippen LogP contribution is -2.45. The van der Waals surface area contributed by atoms with Crippen molar-refractivity contribution >= 4 is 5.97 Å². The van der Waals surface area contributed by atoms with Gasteiger partial charge in [0.15, 0.2) is 6.10 Å². The zero-order valence-electron chi connectivity index (χ0n) is 14.5. The average molecular weight is 320 g/mol. The molecular formula is C20H32O3. The molecule has 3 heteroatoms. The van der Waals surface area contributed by atoms with E-state index in [0.717, 1.165) is 36.7 Å². The molecule has 3 aliphatic carbocycles. The second-order valence-corrected chi connectivity index (χ2v) is 8.62. The second-order valence-electron chi connectivity index (χ2n) is 8.62. The first-order valence-corrected chi connectivity index (χ1v) is 10.0. The molecule has 23 heavy (non-hydrogen) atoms. The van der Waals surface area contributed by atoms with Gasteiger partial charge in [0.25, 0.3) is 0 Å². The van der Waals surface area contributed by atoms with Crippen LogP contribution in [0.2, 0.25) is 0 Å². The predicted molar refractivity (Wildman–Crippen MR) is 88.9 cm³/mol. The molecule has 4 aliphatic rings. The van der Waals surface area contributed by atoms with Gasteiger partial charge in [-0.15, -0.1) is 0 Å². The number of ether oxygens (including phenoxy) is 2. The Morgan fingerprint density at radius 1 is 0.957 bits per heavy atom. The highest BCUT2D eigenvalue weighted by Gasteiger charge is 2.46. The van der Waals surface area contributed by atoms with Crippen LogP contribution in [0.25, 0.3) is 0 Å². The molecular weight excluding hydrogens is 288 g/mol. The molecule has 0 spiro atoms. The van der Waals surface area contributed by atoms with Gasteiger partial charge < -0.3 is 9.47 Å². The molecule has 1 aliphatic heterocycles. The molecule has 4 fully saturated rings. The van der Waals surface area contributed by atoms with Gasteiger partial charge in [-0.25, -0.2) is 4.79 Å². The largest absolute Gasteiger partial charge is 0.461 e. The van der Waals surface area contributed by atoms with E-state index in [0.29, 0.717) is 5.92 Å². The monoisotopic (exact) mass is 320 g/mol. The molecule has 0 aromatic carbocycles. The lowest BCUT2D eigenvalue weighted by Gasteiger charge is -2.51. The fourth-order valence-corrected chi connectivity index (χ4v) is 6.22. The van der Waals surface area contributed by atoms with E-state index in [1.54, 1.807) is 0 Å². The number of esters is 1. The standard InChI is InChI=1S/C20H32O3/c1-13-10-19(20(21)23-13)22-12-18-16-8-4-2-6-14(16)11-15-7-3-5-9-17(15)18/h13-19H,2-12H2,1H3. The first kappa shape index (κ1) is 15.9. The number of hydrogen-bond acceptors (Lipinski definition) is 3. The molecule has 3 nitrogen and oxygen atoms in total. The first-order valence-electron chi connectivity index (χ1n) is 10.0. The number of fused-ring (bicyclic) bond motifs is 2. The Hall–Kier alpha value is -0.570. The van der Waals surface area contributed by atoms with E-state index in [1.807, 2.05) is 6.92 Å². The third kappa shape index (κ3) is 3.18. The van der Waals surface area contributed by atoms with Gasteiger partial charge in [0.1, 0.15) is 6.10 Å². The summed E-state index contributed by atoms with van der Waals surface area (Å²) in [5.74, 6) is 4.16. The van der Waals surface area contributed by atoms with Crippen molar-refractivity contribution in [1.82, 2.24) is 0 Å². The van der Waals surface area contributed by atoms with Crippen LogP contribution in [-0.4, -0.2) is 24.8 Å². The number of hydrogen-bond donors (Lipinski definition) is 0. The minimum Gasteiger partial charge on any atom is -0.461 e. The maximum Gasteiger partial charge on any atom is 0.335 e. The fraction of sp³-hybridized carbons (Fsp3) is 0.950. The highest BCUT2D eigenvalue weighted by atomic mass is 16.6. The van der Waals surface area contributed by atoms with Crippen molar-refractivity contribution in [2.45, 2.75) is 83.3 Å². The van der Waals surface area contributed by atoms with Crippen LogP contribution in [0.15, 0.2) is 0 Å². The van der Waals surface area contributed by atoms with E-state index in [9.17, 15) is 4.79 Å². The topological polar surface area (TPSA) is 35.5 Å². The van der Waals surface area contributed by atoms with Crippen LogP contribution in [0.4, 0.5) is 0 Å². The van der Waals surface area contributed by atoms with Crippen LogP contribution < -0.4 is 0 Å². The zero-order chi connectivity index (χ0) is 15.8. The molecule has 0 amide bonds. The van der Waals surface area contributed by atoms with Gasteiger partial charge in [-0.05, 0) is 55.8 Å². The van der Waals surface area contributed by atoms with Gasteiger partial charge in [-0.2, -0.15) is 0 Å². The van der Waals surface area contributed by atoms with Crippen molar-refractivity contribution in [3.8, 4) is 0 Å².